The highest BCUT2D eigenvalue weighted by Crippen LogP contribution is 2.39. The summed E-state index contributed by atoms with van der Waals surface area (Å²) >= 11 is 5.94. The summed E-state index contributed by atoms with van der Waals surface area (Å²) in [7, 11) is 1.50. The van der Waals surface area contributed by atoms with Gasteiger partial charge in [-0.25, -0.2) is 0 Å². The Morgan fingerprint density at radius 1 is 1.27 bits per heavy atom. The Kier molecular flexibility index (Phi) is 4.34. The van der Waals surface area contributed by atoms with Gasteiger partial charge in [-0.15, -0.1) is 0 Å². The lowest BCUT2D eigenvalue weighted by atomic mass is 10.1. The number of benzene rings is 2. The Balaban J connectivity index is 1.55. The van der Waals surface area contributed by atoms with Gasteiger partial charge in [-0.2, -0.15) is 4.98 Å². The maximum atomic E-state index is 12.6. The molecule has 0 atom stereocenters. The first kappa shape index (κ1) is 16.6. The minimum absolute atomic E-state index is 0.289. The van der Waals surface area contributed by atoms with Crippen LogP contribution in [0.5, 0.6) is 5.75 Å². The summed E-state index contributed by atoms with van der Waals surface area (Å²) < 4.78 is 10.5. The van der Waals surface area contributed by atoms with E-state index in [1.807, 2.05) is 18.2 Å². The zero-order valence-corrected chi connectivity index (χ0v) is 14.8. The van der Waals surface area contributed by atoms with E-state index >= 15 is 0 Å². The number of methoxy groups -OCH3 is 1. The molecule has 3 aromatic rings. The van der Waals surface area contributed by atoms with E-state index in [-0.39, 0.29) is 5.91 Å². The predicted molar refractivity (Wildman–Crippen MR) is 97.7 cm³/mol. The third kappa shape index (κ3) is 3.41. The zero-order chi connectivity index (χ0) is 18.1. The van der Waals surface area contributed by atoms with E-state index in [0.717, 1.165) is 18.4 Å². The molecule has 4 rings (SSSR count). The number of anilines is 1. The summed E-state index contributed by atoms with van der Waals surface area (Å²) in [4.78, 5) is 17.0. The second-order valence-electron chi connectivity index (χ2n) is 6.11. The molecule has 1 fully saturated rings. The molecule has 1 aliphatic carbocycles. The smallest absolute Gasteiger partial charge is 0.259 e. The average molecular weight is 370 g/mol. The molecule has 1 heterocycles. The first-order valence-electron chi connectivity index (χ1n) is 8.23. The minimum atomic E-state index is -0.289. The van der Waals surface area contributed by atoms with Crippen LogP contribution in [0.2, 0.25) is 5.02 Å². The fraction of sp³-hybridized carbons (Fsp3) is 0.211. The second kappa shape index (κ2) is 6.80. The molecule has 2 aromatic carbocycles. The van der Waals surface area contributed by atoms with Crippen molar-refractivity contribution in [3.8, 4) is 17.1 Å². The van der Waals surface area contributed by atoms with Crippen LogP contribution in [0.4, 0.5) is 5.69 Å². The largest absolute Gasteiger partial charge is 0.496 e. The number of hydrogen-bond donors (Lipinski definition) is 1. The van der Waals surface area contributed by atoms with Crippen molar-refractivity contribution in [2.24, 2.45) is 0 Å². The average Bonchev–Trinajstić information content (AvgIpc) is 3.38. The van der Waals surface area contributed by atoms with Crippen molar-refractivity contribution in [3.63, 3.8) is 0 Å². The number of hydrogen-bond acceptors (Lipinski definition) is 5. The fourth-order valence-electron chi connectivity index (χ4n) is 2.64. The van der Waals surface area contributed by atoms with E-state index in [1.54, 1.807) is 24.3 Å². The van der Waals surface area contributed by atoms with Crippen LogP contribution in [0.25, 0.3) is 11.4 Å². The molecule has 0 aliphatic heterocycles. The quantitative estimate of drug-likeness (QED) is 0.715. The maximum Gasteiger partial charge on any atom is 0.259 e. The number of carbonyl (C=O) groups excluding carboxylic acids is 1. The molecule has 0 saturated heterocycles. The molecule has 1 amide bonds. The van der Waals surface area contributed by atoms with Gasteiger partial charge in [-0.1, -0.05) is 28.9 Å². The molecule has 1 aliphatic rings. The highest BCUT2D eigenvalue weighted by molar-refractivity contribution is 6.31. The number of rotatable bonds is 5. The van der Waals surface area contributed by atoms with E-state index in [9.17, 15) is 4.79 Å². The molecule has 1 N–H and O–H groups in total. The van der Waals surface area contributed by atoms with Crippen molar-refractivity contribution >= 4 is 23.2 Å². The topological polar surface area (TPSA) is 77.2 Å². The van der Waals surface area contributed by atoms with Gasteiger partial charge >= 0.3 is 0 Å². The lowest BCUT2D eigenvalue weighted by Crippen LogP contribution is -2.13. The summed E-state index contributed by atoms with van der Waals surface area (Å²) in [6.07, 6.45) is 2.20. The van der Waals surface area contributed by atoms with Crippen LogP contribution in [0.15, 0.2) is 47.0 Å². The van der Waals surface area contributed by atoms with Crippen molar-refractivity contribution in [2.45, 2.75) is 18.8 Å². The first-order chi connectivity index (χ1) is 12.6. The summed E-state index contributed by atoms with van der Waals surface area (Å²) in [5.41, 5.74) is 1.81. The summed E-state index contributed by atoms with van der Waals surface area (Å²) in [5, 5.41) is 7.39. The molecule has 0 bridgehead atoms. The molecule has 1 aromatic heterocycles. The molecular formula is C19H16ClN3O3. The molecule has 7 heteroatoms. The Hall–Kier alpha value is -2.86. The Bertz CT molecular complexity index is 966. The molecular weight excluding hydrogens is 354 g/mol. The van der Waals surface area contributed by atoms with Gasteiger partial charge in [0.15, 0.2) is 0 Å². The van der Waals surface area contributed by atoms with E-state index in [1.165, 1.54) is 7.11 Å². The zero-order valence-electron chi connectivity index (χ0n) is 14.0. The molecule has 0 radical (unpaired) electrons. The number of aromatic nitrogens is 2. The lowest BCUT2D eigenvalue weighted by Gasteiger charge is -2.10. The van der Waals surface area contributed by atoms with E-state index in [2.05, 4.69) is 15.5 Å². The number of ether oxygens (including phenoxy) is 1. The number of nitrogens with one attached hydrogen (secondary N) is 1. The number of halogens is 1. The van der Waals surface area contributed by atoms with Crippen LogP contribution in [-0.2, 0) is 0 Å². The second-order valence-corrected chi connectivity index (χ2v) is 6.55. The first-order valence-corrected chi connectivity index (χ1v) is 8.61. The highest BCUT2D eigenvalue weighted by atomic mass is 35.5. The van der Waals surface area contributed by atoms with Crippen LogP contribution in [0.3, 0.4) is 0 Å². The van der Waals surface area contributed by atoms with Crippen LogP contribution < -0.4 is 10.1 Å². The summed E-state index contributed by atoms with van der Waals surface area (Å²) in [6, 6.07) is 12.2. The van der Waals surface area contributed by atoms with Crippen LogP contribution in [0.1, 0.15) is 35.0 Å². The minimum Gasteiger partial charge on any atom is -0.496 e. The van der Waals surface area contributed by atoms with Gasteiger partial charge in [-0.05, 0) is 43.2 Å². The van der Waals surface area contributed by atoms with Crippen LogP contribution in [0, 0.1) is 0 Å². The van der Waals surface area contributed by atoms with Crippen LogP contribution in [-0.4, -0.2) is 23.2 Å². The number of amides is 1. The number of nitrogens with zero attached hydrogens (tertiary/aromatic N) is 2. The normalized spacial score (nSPS) is 13.5. The van der Waals surface area contributed by atoms with Gasteiger partial charge in [0.2, 0.25) is 11.7 Å². The van der Waals surface area contributed by atoms with Gasteiger partial charge in [0.25, 0.3) is 5.91 Å². The molecule has 6 nitrogen and oxygen atoms in total. The fourth-order valence-corrected chi connectivity index (χ4v) is 2.80. The maximum absolute atomic E-state index is 12.6. The Morgan fingerprint density at radius 2 is 2.12 bits per heavy atom. The standard InChI is InChI=1S/C19H16ClN3O3/c1-25-16-10-13(20)7-8-15(16)18(24)21-14-4-2-3-12(9-14)17-22-19(26-23-17)11-5-6-11/h2-4,7-11H,5-6H2,1H3,(H,21,24). The third-order valence-electron chi connectivity index (χ3n) is 4.16. The van der Waals surface area contributed by atoms with Crippen molar-refractivity contribution < 1.29 is 14.1 Å². The van der Waals surface area contributed by atoms with Gasteiger partial charge < -0.3 is 14.6 Å². The van der Waals surface area contributed by atoms with E-state index in [0.29, 0.717) is 39.7 Å². The van der Waals surface area contributed by atoms with Crippen molar-refractivity contribution in [1.29, 1.82) is 0 Å². The van der Waals surface area contributed by atoms with E-state index < -0.39 is 0 Å². The van der Waals surface area contributed by atoms with E-state index in [4.69, 9.17) is 20.9 Å². The van der Waals surface area contributed by atoms with Crippen molar-refractivity contribution in [1.82, 2.24) is 10.1 Å². The van der Waals surface area contributed by atoms with Crippen molar-refractivity contribution in [3.05, 3.63) is 58.9 Å². The van der Waals surface area contributed by atoms with Gasteiger partial charge in [-0.3, -0.25) is 4.79 Å². The lowest BCUT2D eigenvalue weighted by molar-refractivity contribution is 0.102. The molecule has 0 unspecified atom stereocenters. The Labute approximate surface area is 155 Å². The molecule has 132 valence electrons. The molecule has 1 saturated carbocycles. The summed E-state index contributed by atoms with van der Waals surface area (Å²) in [6.45, 7) is 0. The highest BCUT2D eigenvalue weighted by Gasteiger charge is 2.29. The molecule has 0 spiro atoms. The van der Waals surface area contributed by atoms with Gasteiger partial charge in [0.1, 0.15) is 5.75 Å². The third-order valence-corrected chi connectivity index (χ3v) is 4.39. The molecule has 26 heavy (non-hydrogen) atoms. The number of carbonyl (C=O) groups is 1. The Morgan fingerprint density at radius 3 is 2.88 bits per heavy atom. The monoisotopic (exact) mass is 369 g/mol. The summed E-state index contributed by atoms with van der Waals surface area (Å²) in [5.74, 6) is 1.73. The van der Waals surface area contributed by atoms with Gasteiger partial charge in [0.05, 0.1) is 12.7 Å². The van der Waals surface area contributed by atoms with Crippen molar-refractivity contribution in [2.75, 3.05) is 12.4 Å². The SMILES string of the molecule is COc1cc(Cl)ccc1C(=O)Nc1cccc(-c2noc(C3CC3)n2)c1. The predicted octanol–water partition coefficient (Wildman–Crippen LogP) is 4.53. The van der Waals surface area contributed by atoms with Gasteiger partial charge in [0, 0.05) is 22.2 Å². The van der Waals surface area contributed by atoms with Crippen LogP contribution >= 0.6 is 11.6 Å².